The van der Waals surface area contributed by atoms with Crippen LogP contribution in [0.4, 0.5) is 0 Å². The van der Waals surface area contributed by atoms with E-state index in [9.17, 15) is 0 Å². The average Bonchev–Trinajstić information content (AvgIpc) is 2.32. The van der Waals surface area contributed by atoms with Gasteiger partial charge in [0.15, 0.2) is 0 Å². The molecule has 1 aliphatic rings. The normalized spacial score (nSPS) is 19.4. The molecule has 1 rings (SSSR count). The van der Waals surface area contributed by atoms with Crippen LogP contribution in [0.15, 0.2) is 0 Å². The third kappa shape index (κ3) is 2.76. The molecule has 0 aromatic rings. The van der Waals surface area contributed by atoms with Crippen LogP contribution in [0.1, 0.15) is 52.9 Å². The van der Waals surface area contributed by atoms with Crippen molar-refractivity contribution in [3.63, 3.8) is 0 Å². The quantitative estimate of drug-likeness (QED) is 0.578. The Kier molecular flexibility index (Phi) is 5.26. The fraction of sp³-hybridized carbons (Fsp3) is 0.923. The third-order valence-electron chi connectivity index (χ3n) is 3.59. The first-order valence-electron chi connectivity index (χ1n) is 6.68. The molecule has 1 saturated carbocycles. The molecular formula is C13H26N2O. The number of amidine groups is 1. The van der Waals surface area contributed by atoms with Crippen molar-refractivity contribution in [3.05, 3.63) is 0 Å². The highest BCUT2D eigenvalue weighted by Gasteiger charge is 2.39. The maximum Gasteiger partial charge on any atom is 0.129 e. The van der Waals surface area contributed by atoms with Crippen LogP contribution in [0.2, 0.25) is 0 Å². The standard InChI is InChI=1S/C13H26N2O/c1-4-15(5-2)12(14)13(16-6-3)10-8-7-9-11-13/h14H,4-11H2,1-3H3. The molecule has 3 nitrogen and oxygen atoms in total. The van der Waals surface area contributed by atoms with Gasteiger partial charge in [-0.15, -0.1) is 0 Å². The fourth-order valence-electron chi connectivity index (χ4n) is 2.68. The van der Waals surface area contributed by atoms with Crippen LogP contribution >= 0.6 is 0 Å². The molecule has 0 heterocycles. The predicted octanol–water partition coefficient (Wildman–Crippen LogP) is 3.04. The molecule has 0 aliphatic heterocycles. The molecule has 16 heavy (non-hydrogen) atoms. The minimum absolute atomic E-state index is 0.279. The Morgan fingerprint density at radius 3 is 2.12 bits per heavy atom. The molecule has 3 heteroatoms. The van der Waals surface area contributed by atoms with E-state index in [4.69, 9.17) is 10.1 Å². The molecule has 1 fully saturated rings. The fourth-order valence-corrected chi connectivity index (χ4v) is 2.68. The lowest BCUT2D eigenvalue weighted by molar-refractivity contribution is -0.0199. The number of nitrogens with one attached hydrogen (secondary N) is 1. The summed E-state index contributed by atoms with van der Waals surface area (Å²) < 4.78 is 5.95. The Balaban J connectivity index is 2.78. The molecule has 0 amide bonds. The minimum Gasteiger partial charge on any atom is -0.367 e. The van der Waals surface area contributed by atoms with E-state index in [1.165, 1.54) is 19.3 Å². The second-order valence-corrected chi connectivity index (χ2v) is 4.51. The zero-order chi connectivity index (χ0) is 12.0. The Labute approximate surface area is 99.7 Å². The van der Waals surface area contributed by atoms with Crippen molar-refractivity contribution in [3.8, 4) is 0 Å². The molecule has 0 saturated heterocycles. The van der Waals surface area contributed by atoms with Crippen LogP contribution in [0.3, 0.4) is 0 Å². The largest absolute Gasteiger partial charge is 0.367 e. The van der Waals surface area contributed by atoms with Crippen LogP contribution in [0.5, 0.6) is 0 Å². The van der Waals surface area contributed by atoms with Gasteiger partial charge >= 0.3 is 0 Å². The van der Waals surface area contributed by atoms with E-state index in [2.05, 4.69) is 18.7 Å². The van der Waals surface area contributed by atoms with Gasteiger partial charge in [-0.05, 0) is 33.6 Å². The molecule has 94 valence electrons. The molecule has 0 bridgehead atoms. The van der Waals surface area contributed by atoms with Crippen LogP contribution < -0.4 is 0 Å². The minimum atomic E-state index is -0.279. The van der Waals surface area contributed by atoms with Crippen molar-refractivity contribution in [2.24, 2.45) is 0 Å². The number of nitrogens with zero attached hydrogens (tertiary/aromatic N) is 1. The van der Waals surface area contributed by atoms with E-state index in [1.807, 2.05) is 6.92 Å². The second-order valence-electron chi connectivity index (χ2n) is 4.51. The first-order chi connectivity index (χ1) is 7.70. The summed E-state index contributed by atoms with van der Waals surface area (Å²) in [5.74, 6) is 0.707. The number of hydrogen-bond donors (Lipinski definition) is 1. The lowest BCUT2D eigenvalue weighted by Crippen LogP contribution is -2.51. The van der Waals surface area contributed by atoms with Crippen LogP contribution in [-0.2, 0) is 4.74 Å². The summed E-state index contributed by atoms with van der Waals surface area (Å²) in [5.41, 5.74) is -0.279. The first-order valence-corrected chi connectivity index (χ1v) is 6.68. The summed E-state index contributed by atoms with van der Waals surface area (Å²) in [6, 6.07) is 0. The highest BCUT2D eigenvalue weighted by molar-refractivity contribution is 5.88. The molecule has 0 aromatic carbocycles. The zero-order valence-corrected chi connectivity index (χ0v) is 11.0. The number of ether oxygens (including phenoxy) is 1. The Bertz CT molecular complexity index is 212. The highest BCUT2D eigenvalue weighted by atomic mass is 16.5. The van der Waals surface area contributed by atoms with Gasteiger partial charge in [0.2, 0.25) is 0 Å². The number of rotatable bonds is 5. The monoisotopic (exact) mass is 226 g/mol. The van der Waals surface area contributed by atoms with Gasteiger partial charge in [-0.25, -0.2) is 0 Å². The van der Waals surface area contributed by atoms with Crippen LogP contribution in [0, 0.1) is 5.41 Å². The molecule has 0 radical (unpaired) electrons. The lowest BCUT2D eigenvalue weighted by Gasteiger charge is -2.41. The lowest BCUT2D eigenvalue weighted by atomic mass is 9.83. The Morgan fingerprint density at radius 2 is 1.69 bits per heavy atom. The predicted molar refractivity (Wildman–Crippen MR) is 68.1 cm³/mol. The van der Waals surface area contributed by atoms with Gasteiger partial charge in [0.1, 0.15) is 11.4 Å². The van der Waals surface area contributed by atoms with Gasteiger partial charge in [-0.3, -0.25) is 5.41 Å². The number of hydrogen-bond acceptors (Lipinski definition) is 2. The van der Waals surface area contributed by atoms with Gasteiger partial charge in [-0.1, -0.05) is 19.3 Å². The van der Waals surface area contributed by atoms with Crippen LogP contribution in [0.25, 0.3) is 0 Å². The highest BCUT2D eigenvalue weighted by Crippen LogP contribution is 2.33. The van der Waals surface area contributed by atoms with Crippen molar-refractivity contribution in [1.29, 1.82) is 5.41 Å². The summed E-state index contributed by atoms with van der Waals surface area (Å²) in [4.78, 5) is 2.13. The Morgan fingerprint density at radius 1 is 1.12 bits per heavy atom. The van der Waals surface area contributed by atoms with Crippen molar-refractivity contribution in [2.75, 3.05) is 19.7 Å². The summed E-state index contributed by atoms with van der Waals surface area (Å²) >= 11 is 0. The molecule has 0 atom stereocenters. The number of likely N-dealkylation sites (N-methyl/N-ethyl adjacent to an activating group) is 1. The van der Waals surface area contributed by atoms with E-state index < -0.39 is 0 Å². The van der Waals surface area contributed by atoms with Gasteiger partial charge in [-0.2, -0.15) is 0 Å². The zero-order valence-electron chi connectivity index (χ0n) is 11.0. The SMILES string of the molecule is CCOC1(C(=N)N(CC)CC)CCCCC1. The molecule has 1 N–H and O–H groups in total. The van der Waals surface area contributed by atoms with Gasteiger partial charge in [0.05, 0.1) is 0 Å². The van der Waals surface area contributed by atoms with Crippen molar-refractivity contribution >= 4 is 5.84 Å². The third-order valence-corrected chi connectivity index (χ3v) is 3.59. The summed E-state index contributed by atoms with van der Waals surface area (Å²) in [5, 5.41) is 8.39. The van der Waals surface area contributed by atoms with Crippen molar-refractivity contribution in [2.45, 2.75) is 58.5 Å². The van der Waals surface area contributed by atoms with E-state index >= 15 is 0 Å². The summed E-state index contributed by atoms with van der Waals surface area (Å²) in [7, 11) is 0. The van der Waals surface area contributed by atoms with E-state index in [1.54, 1.807) is 0 Å². The van der Waals surface area contributed by atoms with Gasteiger partial charge < -0.3 is 9.64 Å². The average molecular weight is 226 g/mol. The molecule has 0 unspecified atom stereocenters. The van der Waals surface area contributed by atoms with Crippen molar-refractivity contribution < 1.29 is 4.74 Å². The van der Waals surface area contributed by atoms with E-state index in [0.29, 0.717) is 12.4 Å². The second kappa shape index (κ2) is 6.24. The Hall–Kier alpha value is -0.570. The first kappa shape index (κ1) is 13.5. The van der Waals surface area contributed by atoms with E-state index in [-0.39, 0.29) is 5.60 Å². The smallest absolute Gasteiger partial charge is 0.129 e. The molecule has 0 spiro atoms. The molecule has 1 aliphatic carbocycles. The van der Waals surface area contributed by atoms with Gasteiger partial charge in [0.25, 0.3) is 0 Å². The maximum atomic E-state index is 8.39. The topological polar surface area (TPSA) is 36.3 Å². The maximum absolute atomic E-state index is 8.39. The molecule has 0 aromatic heterocycles. The summed E-state index contributed by atoms with van der Waals surface area (Å²) in [6.45, 7) is 8.78. The van der Waals surface area contributed by atoms with Gasteiger partial charge in [0, 0.05) is 19.7 Å². The van der Waals surface area contributed by atoms with Crippen LogP contribution in [-0.4, -0.2) is 36.0 Å². The molecular weight excluding hydrogens is 200 g/mol. The summed E-state index contributed by atoms with van der Waals surface area (Å²) in [6.07, 6.45) is 5.74. The van der Waals surface area contributed by atoms with E-state index in [0.717, 1.165) is 25.9 Å². The van der Waals surface area contributed by atoms with Crippen molar-refractivity contribution in [1.82, 2.24) is 4.90 Å².